The van der Waals surface area contributed by atoms with Gasteiger partial charge >= 0.3 is 0 Å². The normalized spacial score (nSPS) is 18.1. The fraction of sp³-hybridized carbons (Fsp3) is 0.300. The van der Waals surface area contributed by atoms with Crippen molar-refractivity contribution in [1.29, 1.82) is 0 Å². The van der Waals surface area contributed by atoms with Crippen molar-refractivity contribution in [3.05, 3.63) is 22.1 Å². The molecule has 1 saturated heterocycles. The van der Waals surface area contributed by atoms with E-state index in [4.69, 9.17) is 12.2 Å². The van der Waals surface area contributed by atoms with Crippen molar-refractivity contribution >= 4 is 45.2 Å². The number of likely N-dealkylation sites (N-methyl/N-ethyl adjacent to an activating group) is 1. The molecular weight excluding hydrogens is 304 g/mol. The average Bonchev–Trinajstić information content (AvgIpc) is 2.73. The quantitative estimate of drug-likeness (QED) is 0.659. The number of amides is 1. The van der Waals surface area contributed by atoms with E-state index in [2.05, 4.69) is 26.3 Å². The Morgan fingerprint density at radius 3 is 2.82 bits per heavy atom. The van der Waals surface area contributed by atoms with Crippen LogP contribution in [-0.4, -0.2) is 32.2 Å². The zero-order valence-corrected chi connectivity index (χ0v) is 11.8. The van der Waals surface area contributed by atoms with Gasteiger partial charge in [0.05, 0.1) is 16.4 Å². The zero-order valence-electron chi connectivity index (χ0n) is 9.40. The predicted molar refractivity (Wildman–Crippen MR) is 72.0 cm³/mol. The number of carbonyl (C=O) groups is 1. The smallest absolute Gasteiger partial charge is 0.276 e. The number of hydrogen-bond acceptors (Lipinski definition) is 3. The van der Waals surface area contributed by atoms with Gasteiger partial charge in [0.25, 0.3) is 5.91 Å². The van der Waals surface area contributed by atoms with Crippen LogP contribution in [0, 0.1) is 0 Å². The monoisotopic (exact) mass is 314 g/mol. The van der Waals surface area contributed by atoms with Crippen molar-refractivity contribution in [3.8, 4) is 0 Å². The third kappa shape index (κ3) is 2.12. The molecule has 0 atom stereocenters. The van der Waals surface area contributed by atoms with Gasteiger partial charge in [-0.3, -0.25) is 14.4 Å². The highest BCUT2D eigenvalue weighted by Gasteiger charge is 2.29. The second-order valence-corrected chi connectivity index (χ2v) is 4.78. The molecule has 0 saturated carbocycles. The summed E-state index contributed by atoms with van der Waals surface area (Å²) in [4.78, 5) is 13.5. The minimum Gasteiger partial charge on any atom is -0.328 e. The second-order valence-electron chi connectivity index (χ2n) is 3.54. The molecule has 1 aliphatic heterocycles. The van der Waals surface area contributed by atoms with Gasteiger partial charge in [-0.15, -0.1) is 0 Å². The molecule has 0 unspecified atom stereocenters. The Kier molecular flexibility index (Phi) is 3.30. The lowest BCUT2D eigenvalue weighted by molar-refractivity contribution is -0.122. The molecule has 2 rings (SSSR count). The van der Waals surface area contributed by atoms with Crippen LogP contribution in [0.2, 0.25) is 0 Å². The first-order valence-corrected chi connectivity index (χ1v) is 6.26. The molecule has 0 aliphatic carbocycles. The molecule has 1 aromatic heterocycles. The summed E-state index contributed by atoms with van der Waals surface area (Å²) in [6, 6.07) is 0. The van der Waals surface area contributed by atoms with Crippen LogP contribution in [0.1, 0.15) is 12.6 Å². The van der Waals surface area contributed by atoms with Crippen LogP contribution in [0.3, 0.4) is 0 Å². The Bertz CT molecular complexity index is 503. The van der Waals surface area contributed by atoms with Gasteiger partial charge in [-0.05, 0) is 41.1 Å². The summed E-state index contributed by atoms with van der Waals surface area (Å²) in [7, 11) is 1.81. The molecule has 0 spiro atoms. The average molecular weight is 315 g/mol. The van der Waals surface area contributed by atoms with E-state index in [0.29, 0.717) is 17.4 Å². The first kappa shape index (κ1) is 12.3. The first-order chi connectivity index (χ1) is 8.04. The molecule has 0 radical (unpaired) electrons. The Hall–Kier alpha value is -1.21. The lowest BCUT2D eigenvalue weighted by Crippen LogP contribution is -2.30. The molecule has 7 heteroatoms. The predicted octanol–water partition coefficient (Wildman–Crippen LogP) is 1.26. The molecule has 90 valence electrons. The van der Waals surface area contributed by atoms with Crippen LogP contribution in [0.5, 0.6) is 0 Å². The van der Waals surface area contributed by atoms with E-state index in [-0.39, 0.29) is 5.91 Å². The molecule has 0 bridgehead atoms. The largest absolute Gasteiger partial charge is 0.328 e. The van der Waals surface area contributed by atoms with Gasteiger partial charge in [-0.25, -0.2) is 0 Å². The maximum atomic E-state index is 12.0. The molecule has 1 N–H and O–H groups in total. The van der Waals surface area contributed by atoms with Crippen molar-refractivity contribution in [2.75, 3.05) is 6.54 Å². The third-order valence-corrected chi connectivity index (χ3v) is 3.43. The van der Waals surface area contributed by atoms with Crippen molar-refractivity contribution in [1.82, 2.24) is 20.0 Å². The van der Waals surface area contributed by atoms with Crippen LogP contribution in [0.25, 0.3) is 6.08 Å². The van der Waals surface area contributed by atoms with E-state index in [9.17, 15) is 4.79 Å². The Morgan fingerprint density at radius 1 is 1.65 bits per heavy atom. The summed E-state index contributed by atoms with van der Waals surface area (Å²) >= 11 is 8.45. The van der Waals surface area contributed by atoms with E-state index in [1.807, 2.05) is 14.0 Å². The molecule has 17 heavy (non-hydrogen) atoms. The lowest BCUT2D eigenvalue weighted by Gasteiger charge is -2.08. The molecule has 1 aliphatic rings. The second kappa shape index (κ2) is 4.58. The molecular formula is C10H11BrN4OS. The standard InChI is InChI=1S/C10H11BrN4OS/c1-3-15-9(16)7(13-10(15)17)4-8-6(11)5-12-14(8)2/h4-5H,3H2,1-2H3,(H,13,17)/b7-4+. The van der Waals surface area contributed by atoms with E-state index in [1.165, 1.54) is 4.90 Å². The summed E-state index contributed by atoms with van der Waals surface area (Å²) in [5, 5.41) is 7.43. The molecule has 1 amide bonds. The number of nitrogens with one attached hydrogen (secondary N) is 1. The minimum absolute atomic E-state index is 0.106. The van der Waals surface area contributed by atoms with Crippen molar-refractivity contribution in [3.63, 3.8) is 0 Å². The highest BCUT2D eigenvalue weighted by Crippen LogP contribution is 2.20. The van der Waals surface area contributed by atoms with E-state index in [0.717, 1.165) is 10.2 Å². The van der Waals surface area contributed by atoms with Gasteiger partial charge in [0.15, 0.2) is 5.11 Å². The first-order valence-electron chi connectivity index (χ1n) is 5.06. The van der Waals surface area contributed by atoms with Crippen molar-refractivity contribution in [2.24, 2.45) is 7.05 Å². The van der Waals surface area contributed by atoms with E-state index < -0.39 is 0 Å². The number of halogens is 1. The van der Waals surface area contributed by atoms with Gasteiger partial charge in [0.2, 0.25) is 0 Å². The number of nitrogens with zero attached hydrogens (tertiary/aromatic N) is 3. The van der Waals surface area contributed by atoms with Gasteiger partial charge in [0.1, 0.15) is 5.70 Å². The number of aromatic nitrogens is 2. The Morgan fingerprint density at radius 2 is 2.35 bits per heavy atom. The van der Waals surface area contributed by atoms with Crippen LogP contribution in [-0.2, 0) is 11.8 Å². The molecule has 0 aromatic carbocycles. The Balaban J connectivity index is 2.37. The molecule has 2 heterocycles. The summed E-state index contributed by atoms with van der Waals surface area (Å²) in [6.45, 7) is 2.45. The Labute approximate surface area is 113 Å². The maximum Gasteiger partial charge on any atom is 0.276 e. The lowest BCUT2D eigenvalue weighted by atomic mass is 10.3. The number of rotatable bonds is 2. The number of carbonyl (C=O) groups excluding carboxylic acids is 1. The fourth-order valence-corrected chi connectivity index (χ4v) is 2.36. The van der Waals surface area contributed by atoms with Gasteiger partial charge < -0.3 is 5.32 Å². The highest BCUT2D eigenvalue weighted by molar-refractivity contribution is 9.10. The van der Waals surface area contributed by atoms with Gasteiger partial charge in [-0.1, -0.05) is 0 Å². The van der Waals surface area contributed by atoms with E-state index >= 15 is 0 Å². The van der Waals surface area contributed by atoms with Crippen LogP contribution in [0.15, 0.2) is 16.4 Å². The van der Waals surface area contributed by atoms with Crippen LogP contribution < -0.4 is 5.32 Å². The fourth-order valence-electron chi connectivity index (χ4n) is 1.58. The summed E-state index contributed by atoms with van der Waals surface area (Å²) in [5.74, 6) is -0.106. The van der Waals surface area contributed by atoms with Crippen molar-refractivity contribution in [2.45, 2.75) is 6.92 Å². The number of hydrogen-bond donors (Lipinski definition) is 1. The number of thiocarbonyl (C=S) groups is 1. The van der Waals surface area contributed by atoms with Crippen molar-refractivity contribution < 1.29 is 4.79 Å². The van der Waals surface area contributed by atoms with Gasteiger partial charge in [0, 0.05) is 13.6 Å². The topological polar surface area (TPSA) is 50.2 Å². The van der Waals surface area contributed by atoms with Crippen LogP contribution in [0.4, 0.5) is 0 Å². The summed E-state index contributed by atoms with van der Waals surface area (Å²) < 4.78 is 2.52. The molecule has 1 fully saturated rings. The maximum absolute atomic E-state index is 12.0. The zero-order chi connectivity index (χ0) is 12.6. The summed E-state index contributed by atoms with van der Waals surface area (Å²) in [5.41, 5.74) is 1.29. The summed E-state index contributed by atoms with van der Waals surface area (Å²) in [6.07, 6.45) is 3.42. The number of aryl methyl sites for hydroxylation is 1. The van der Waals surface area contributed by atoms with Gasteiger partial charge in [-0.2, -0.15) is 5.10 Å². The third-order valence-electron chi connectivity index (χ3n) is 2.50. The SMILES string of the molecule is CCN1C(=O)/C(=C\c2c(Br)cnn2C)NC1=S. The van der Waals surface area contributed by atoms with E-state index in [1.54, 1.807) is 17.0 Å². The molecule has 5 nitrogen and oxygen atoms in total. The minimum atomic E-state index is -0.106. The molecule has 1 aromatic rings. The van der Waals surface area contributed by atoms with Crippen LogP contribution >= 0.6 is 28.1 Å². The highest BCUT2D eigenvalue weighted by atomic mass is 79.9.